The topological polar surface area (TPSA) is 51.8 Å². The van der Waals surface area contributed by atoms with E-state index in [0.717, 1.165) is 6.07 Å². The monoisotopic (exact) mass is 205 g/mol. The van der Waals surface area contributed by atoms with Crippen LogP contribution in [-0.4, -0.2) is 16.5 Å². The lowest BCUT2D eigenvalue weighted by Crippen LogP contribution is -2.14. The summed E-state index contributed by atoms with van der Waals surface area (Å²) in [6.07, 6.45) is -4.16. The highest BCUT2D eigenvalue weighted by molar-refractivity contribution is 5.13. The minimum Gasteiger partial charge on any atom is -0.330 e. The van der Waals surface area contributed by atoms with Gasteiger partial charge in [-0.3, -0.25) is 0 Å². The van der Waals surface area contributed by atoms with Crippen molar-refractivity contribution < 1.29 is 13.2 Å². The number of hydrogen-bond donors (Lipinski definition) is 1. The van der Waals surface area contributed by atoms with Crippen LogP contribution in [-0.2, 0) is 12.6 Å². The van der Waals surface area contributed by atoms with Gasteiger partial charge in [0.25, 0.3) is 0 Å². The van der Waals surface area contributed by atoms with E-state index in [9.17, 15) is 13.2 Å². The van der Waals surface area contributed by atoms with Gasteiger partial charge in [0.15, 0.2) is 0 Å². The van der Waals surface area contributed by atoms with E-state index in [2.05, 4.69) is 9.97 Å². The fourth-order valence-electron chi connectivity index (χ4n) is 1.02. The first-order chi connectivity index (χ1) is 6.43. The van der Waals surface area contributed by atoms with Crippen molar-refractivity contribution in [3.63, 3.8) is 0 Å². The molecule has 1 heterocycles. The number of hydrogen-bond acceptors (Lipinski definition) is 3. The third-order valence-corrected chi connectivity index (χ3v) is 1.56. The summed E-state index contributed by atoms with van der Waals surface area (Å²) in [5, 5.41) is 0. The van der Waals surface area contributed by atoms with E-state index in [1.807, 2.05) is 0 Å². The number of aromatic nitrogens is 2. The molecule has 0 spiro atoms. The first-order valence-corrected chi connectivity index (χ1v) is 4.05. The van der Waals surface area contributed by atoms with Gasteiger partial charge in [-0.25, -0.2) is 9.97 Å². The van der Waals surface area contributed by atoms with Crippen LogP contribution in [0.3, 0.4) is 0 Å². The Kier molecular flexibility index (Phi) is 3.05. The molecule has 0 bridgehead atoms. The summed E-state index contributed by atoms with van der Waals surface area (Å²) in [6.45, 7) is 1.73. The molecule has 0 radical (unpaired) electrons. The summed E-state index contributed by atoms with van der Waals surface area (Å²) in [7, 11) is 0. The molecule has 2 N–H and O–H groups in total. The van der Waals surface area contributed by atoms with Gasteiger partial charge in [-0.15, -0.1) is 0 Å². The molecule has 1 aromatic heterocycles. The van der Waals surface area contributed by atoms with E-state index >= 15 is 0 Å². The third kappa shape index (κ3) is 2.66. The maximum atomic E-state index is 12.3. The largest absolute Gasteiger partial charge is 0.433 e. The molecular formula is C8H10F3N3. The van der Waals surface area contributed by atoms with E-state index in [1.165, 1.54) is 6.92 Å². The van der Waals surface area contributed by atoms with Gasteiger partial charge in [0.05, 0.1) is 0 Å². The van der Waals surface area contributed by atoms with Crippen molar-refractivity contribution in [2.24, 2.45) is 5.73 Å². The molecule has 0 aliphatic rings. The molecule has 0 aliphatic carbocycles. The molecule has 0 aromatic carbocycles. The number of aryl methyl sites for hydroxylation is 1. The fraction of sp³-hybridized carbons (Fsp3) is 0.500. The summed E-state index contributed by atoms with van der Waals surface area (Å²) in [4.78, 5) is 7.22. The molecule has 6 heteroatoms. The highest BCUT2D eigenvalue weighted by Gasteiger charge is 2.33. The normalized spacial score (nSPS) is 11.8. The number of rotatable bonds is 2. The first-order valence-electron chi connectivity index (χ1n) is 4.05. The molecule has 0 saturated heterocycles. The average molecular weight is 205 g/mol. The molecule has 3 nitrogen and oxygen atoms in total. The number of alkyl halides is 3. The van der Waals surface area contributed by atoms with Crippen LogP contribution in [0.4, 0.5) is 13.2 Å². The Balaban J connectivity index is 3.07. The van der Waals surface area contributed by atoms with E-state index < -0.39 is 11.9 Å². The van der Waals surface area contributed by atoms with Gasteiger partial charge in [0.1, 0.15) is 11.5 Å². The molecule has 0 saturated carbocycles. The molecule has 0 fully saturated rings. The van der Waals surface area contributed by atoms with Crippen molar-refractivity contribution in [3.05, 3.63) is 23.3 Å². The Morgan fingerprint density at radius 3 is 2.50 bits per heavy atom. The second kappa shape index (κ2) is 3.91. The van der Waals surface area contributed by atoms with Crippen LogP contribution in [0, 0.1) is 6.92 Å². The van der Waals surface area contributed by atoms with Crippen LogP contribution in [0.25, 0.3) is 0 Å². The molecule has 14 heavy (non-hydrogen) atoms. The number of nitrogens with zero attached hydrogens (tertiary/aromatic N) is 2. The summed E-state index contributed by atoms with van der Waals surface area (Å²) >= 11 is 0. The molecule has 78 valence electrons. The summed E-state index contributed by atoms with van der Waals surface area (Å²) < 4.78 is 36.8. The quantitative estimate of drug-likeness (QED) is 0.791. The van der Waals surface area contributed by atoms with Crippen molar-refractivity contribution in [1.29, 1.82) is 0 Å². The molecular weight excluding hydrogens is 195 g/mol. The van der Waals surface area contributed by atoms with Crippen molar-refractivity contribution >= 4 is 0 Å². The van der Waals surface area contributed by atoms with Crippen molar-refractivity contribution in [2.75, 3.05) is 6.54 Å². The zero-order valence-electron chi connectivity index (χ0n) is 7.60. The van der Waals surface area contributed by atoms with Crippen LogP contribution in [0.1, 0.15) is 17.2 Å². The molecule has 0 unspecified atom stereocenters. The zero-order chi connectivity index (χ0) is 10.8. The van der Waals surface area contributed by atoms with Crippen molar-refractivity contribution in [2.45, 2.75) is 19.5 Å². The lowest BCUT2D eigenvalue weighted by Gasteiger charge is -2.07. The van der Waals surface area contributed by atoms with Gasteiger partial charge >= 0.3 is 6.18 Å². The summed E-state index contributed by atoms with van der Waals surface area (Å²) in [6, 6.07) is 0.917. The van der Waals surface area contributed by atoms with Gasteiger partial charge < -0.3 is 5.73 Å². The predicted octanol–water partition coefficient (Wildman–Crippen LogP) is 1.31. The van der Waals surface area contributed by atoms with E-state index in [0.29, 0.717) is 5.69 Å². The van der Waals surface area contributed by atoms with Crippen LogP contribution in [0.15, 0.2) is 6.07 Å². The standard InChI is InChI=1S/C8H10F3N3/c1-5-4-6(8(9,10)11)14-7(13-5)2-3-12/h4H,2-3,12H2,1H3. The smallest absolute Gasteiger partial charge is 0.330 e. The van der Waals surface area contributed by atoms with Gasteiger partial charge in [0, 0.05) is 12.1 Å². The Bertz CT molecular complexity index is 322. The summed E-state index contributed by atoms with van der Waals surface area (Å²) in [5.74, 6) is 0.139. The molecule has 0 atom stereocenters. The van der Waals surface area contributed by atoms with Crippen LogP contribution >= 0.6 is 0 Å². The highest BCUT2D eigenvalue weighted by Crippen LogP contribution is 2.27. The highest BCUT2D eigenvalue weighted by atomic mass is 19.4. The van der Waals surface area contributed by atoms with Gasteiger partial charge in [0.2, 0.25) is 0 Å². The van der Waals surface area contributed by atoms with Crippen molar-refractivity contribution in [1.82, 2.24) is 9.97 Å². The fourth-order valence-corrected chi connectivity index (χ4v) is 1.02. The Labute approximate surface area is 79.2 Å². The van der Waals surface area contributed by atoms with E-state index in [4.69, 9.17) is 5.73 Å². The maximum Gasteiger partial charge on any atom is 0.433 e. The molecule has 0 amide bonds. The second-order valence-electron chi connectivity index (χ2n) is 2.85. The lowest BCUT2D eigenvalue weighted by atomic mass is 10.3. The zero-order valence-corrected chi connectivity index (χ0v) is 7.60. The van der Waals surface area contributed by atoms with Crippen LogP contribution in [0.5, 0.6) is 0 Å². The summed E-state index contributed by atoms with van der Waals surface area (Å²) in [5.41, 5.74) is 4.60. The Morgan fingerprint density at radius 1 is 1.36 bits per heavy atom. The van der Waals surface area contributed by atoms with Crippen molar-refractivity contribution in [3.8, 4) is 0 Å². The third-order valence-electron chi connectivity index (χ3n) is 1.56. The van der Waals surface area contributed by atoms with Gasteiger partial charge in [-0.1, -0.05) is 0 Å². The minimum absolute atomic E-state index is 0.139. The van der Waals surface area contributed by atoms with E-state index in [-0.39, 0.29) is 18.8 Å². The van der Waals surface area contributed by atoms with Gasteiger partial charge in [-0.05, 0) is 19.5 Å². The Hall–Kier alpha value is -1.17. The molecule has 1 rings (SSSR count). The van der Waals surface area contributed by atoms with Gasteiger partial charge in [-0.2, -0.15) is 13.2 Å². The number of halogens is 3. The average Bonchev–Trinajstić information content (AvgIpc) is 2.02. The second-order valence-corrected chi connectivity index (χ2v) is 2.85. The SMILES string of the molecule is Cc1cc(C(F)(F)F)nc(CCN)n1. The Morgan fingerprint density at radius 2 is 2.00 bits per heavy atom. The molecule has 0 aliphatic heterocycles. The van der Waals surface area contributed by atoms with E-state index in [1.54, 1.807) is 0 Å². The van der Waals surface area contributed by atoms with Crippen LogP contribution in [0.2, 0.25) is 0 Å². The first kappa shape index (κ1) is 10.9. The number of nitrogens with two attached hydrogens (primary N) is 1. The van der Waals surface area contributed by atoms with Crippen LogP contribution < -0.4 is 5.73 Å². The lowest BCUT2D eigenvalue weighted by molar-refractivity contribution is -0.141. The maximum absolute atomic E-state index is 12.3. The predicted molar refractivity (Wildman–Crippen MR) is 44.5 cm³/mol. The minimum atomic E-state index is -4.42. The molecule has 1 aromatic rings.